The molecule has 6 heteroatoms. The zero-order valence-corrected chi connectivity index (χ0v) is 12.7. The largest absolute Gasteiger partial charge is 0.295 e. The molecule has 1 heterocycles. The summed E-state index contributed by atoms with van der Waals surface area (Å²) in [5.41, 5.74) is 2.28. The number of hydrogen-bond acceptors (Lipinski definition) is 4. The first kappa shape index (κ1) is 14.7. The monoisotopic (exact) mass is 315 g/mol. The Labute approximate surface area is 132 Å². The van der Waals surface area contributed by atoms with Gasteiger partial charge in [-0.05, 0) is 30.0 Å². The third kappa shape index (κ3) is 2.99. The highest BCUT2D eigenvalue weighted by Crippen LogP contribution is 2.32. The molecule has 3 rings (SSSR count). The van der Waals surface area contributed by atoms with Crippen LogP contribution >= 0.6 is 11.6 Å². The summed E-state index contributed by atoms with van der Waals surface area (Å²) in [5, 5.41) is 3.21. The van der Waals surface area contributed by atoms with Gasteiger partial charge in [-0.15, -0.1) is 0 Å². The minimum absolute atomic E-state index is 0.0237. The van der Waals surface area contributed by atoms with Gasteiger partial charge in [0.1, 0.15) is 0 Å². The van der Waals surface area contributed by atoms with E-state index in [1.807, 2.05) is 24.3 Å². The Bertz CT molecular complexity index is 744. The van der Waals surface area contributed by atoms with Crippen LogP contribution in [0.2, 0.25) is 5.02 Å². The first-order valence-electron chi connectivity index (χ1n) is 6.95. The number of aromatic nitrogens is 2. The molecule has 0 spiro atoms. The molecule has 1 aromatic carbocycles. The van der Waals surface area contributed by atoms with Gasteiger partial charge < -0.3 is 0 Å². The number of nitrogens with zero attached hydrogens (tertiary/aromatic N) is 2. The van der Waals surface area contributed by atoms with Crippen molar-refractivity contribution in [2.24, 2.45) is 0 Å². The molecule has 2 aromatic rings. The van der Waals surface area contributed by atoms with Crippen molar-refractivity contribution in [3.05, 3.63) is 52.3 Å². The van der Waals surface area contributed by atoms with Crippen LogP contribution in [0, 0.1) is 0 Å². The highest BCUT2D eigenvalue weighted by molar-refractivity contribution is 6.30. The maximum atomic E-state index is 12.3. The fraction of sp³-hybridized carbons (Fsp3) is 0.250. The minimum Gasteiger partial charge on any atom is -0.295 e. The van der Waals surface area contributed by atoms with Crippen LogP contribution in [-0.2, 0) is 11.2 Å². The second-order valence-electron chi connectivity index (χ2n) is 5.32. The number of anilines is 1. The van der Waals surface area contributed by atoms with Gasteiger partial charge in [-0.3, -0.25) is 14.9 Å². The minimum atomic E-state index is -0.240. The molecule has 22 heavy (non-hydrogen) atoms. The summed E-state index contributed by atoms with van der Waals surface area (Å²) < 4.78 is 0. The number of nitrogens with one attached hydrogen (secondary N) is 1. The molecule has 0 fully saturated rings. The summed E-state index contributed by atoms with van der Waals surface area (Å²) in [7, 11) is 0. The molecule has 1 aromatic heterocycles. The Balaban J connectivity index is 1.91. The zero-order chi connectivity index (χ0) is 15.7. The summed E-state index contributed by atoms with van der Waals surface area (Å²) >= 11 is 5.90. The summed E-state index contributed by atoms with van der Waals surface area (Å²) in [6.07, 6.45) is 2.56. The van der Waals surface area contributed by atoms with Crippen LogP contribution in [0.25, 0.3) is 0 Å². The van der Waals surface area contributed by atoms with Crippen molar-refractivity contribution >= 4 is 29.2 Å². The number of fused-ring (bicyclic) bond motifs is 1. The number of ketones is 1. The Morgan fingerprint density at radius 3 is 2.68 bits per heavy atom. The number of carbonyl (C=O) groups is 2. The predicted octanol–water partition coefficient (Wildman–Crippen LogP) is 3.00. The third-order valence-corrected chi connectivity index (χ3v) is 3.92. The van der Waals surface area contributed by atoms with Crippen molar-refractivity contribution in [1.29, 1.82) is 0 Å². The van der Waals surface area contributed by atoms with Crippen molar-refractivity contribution in [2.75, 3.05) is 5.32 Å². The topological polar surface area (TPSA) is 72.0 Å². The highest BCUT2D eigenvalue weighted by atomic mass is 35.5. The van der Waals surface area contributed by atoms with Crippen LogP contribution in [0.15, 0.2) is 30.5 Å². The van der Waals surface area contributed by atoms with Crippen LogP contribution in [0.3, 0.4) is 0 Å². The van der Waals surface area contributed by atoms with Gasteiger partial charge in [0.2, 0.25) is 11.9 Å². The maximum absolute atomic E-state index is 12.3. The number of hydrogen-bond donors (Lipinski definition) is 1. The number of carbonyl (C=O) groups excluding carboxylic acids is 2. The number of rotatable bonds is 2. The Kier molecular flexibility index (Phi) is 3.90. The first-order chi connectivity index (χ1) is 10.5. The molecule has 1 aliphatic carbocycles. The van der Waals surface area contributed by atoms with Gasteiger partial charge in [0, 0.05) is 24.6 Å². The lowest BCUT2D eigenvalue weighted by atomic mass is 9.82. The molecule has 0 aliphatic heterocycles. The van der Waals surface area contributed by atoms with Crippen LogP contribution in [0.5, 0.6) is 0 Å². The summed E-state index contributed by atoms with van der Waals surface area (Å²) in [6, 6.07) is 7.50. The molecule has 0 unspecified atom stereocenters. The van der Waals surface area contributed by atoms with Gasteiger partial charge >= 0.3 is 0 Å². The average molecular weight is 316 g/mol. The van der Waals surface area contributed by atoms with Crippen molar-refractivity contribution < 1.29 is 9.59 Å². The zero-order valence-electron chi connectivity index (χ0n) is 12.0. The molecule has 0 bridgehead atoms. The maximum Gasteiger partial charge on any atom is 0.229 e. The lowest BCUT2D eigenvalue weighted by molar-refractivity contribution is -0.114. The fourth-order valence-electron chi connectivity index (χ4n) is 2.63. The van der Waals surface area contributed by atoms with E-state index in [1.54, 1.807) is 0 Å². The molecule has 0 saturated carbocycles. The predicted molar refractivity (Wildman–Crippen MR) is 83.2 cm³/mol. The summed E-state index contributed by atoms with van der Waals surface area (Å²) in [4.78, 5) is 31.7. The van der Waals surface area contributed by atoms with Crippen molar-refractivity contribution in [3.8, 4) is 0 Å². The van der Waals surface area contributed by atoms with E-state index in [2.05, 4.69) is 15.3 Å². The molecule has 5 nitrogen and oxygen atoms in total. The Hall–Kier alpha value is -2.27. The molecule has 1 N–H and O–H groups in total. The molecule has 1 aliphatic rings. The molecule has 0 saturated heterocycles. The number of amides is 1. The fourth-order valence-corrected chi connectivity index (χ4v) is 2.76. The summed E-state index contributed by atoms with van der Waals surface area (Å²) in [5.74, 6) is 0.0834. The van der Waals surface area contributed by atoms with Crippen LogP contribution in [-0.4, -0.2) is 21.7 Å². The number of halogens is 1. The van der Waals surface area contributed by atoms with E-state index in [0.717, 1.165) is 5.56 Å². The van der Waals surface area contributed by atoms with E-state index in [1.165, 1.54) is 13.1 Å². The van der Waals surface area contributed by atoms with E-state index < -0.39 is 0 Å². The van der Waals surface area contributed by atoms with Gasteiger partial charge in [0.15, 0.2) is 5.78 Å². The normalized spacial score (nSPS) is 17.0. The molecule has 0 radical (unpaired) electrons. The SMILES string of the molecule is CC(=O)Nc1ncc2c(n1)C[C@@H](c1ccc(Cl)cc1)CC2=O. The lowest BCUT2D eigenvalue weighted by Gasteiger charge is -2.23. The van der Waals surface area contributed by atoms with Crippen molar-refractivity contribution in [1.82, 2.24) is 9.97 Å². The van der Waals surface area contributed by atoms with Gasteiger partial charge in [-0.2, -0.15) is 0 Å². The van der Waals surface area contributed by atoms with E-state index in [9.17, 15) is 9.59 Å². The average Bonchev–Trinajstić information content (AvgIpc) is 2.47. The van der Waals surface area contributed by atoms with Gasteiger partial charge in [-0.1, -0.05) is 23.7 Å². The number of benzene rings is 1. The van der Waals surface area contributed by atoms with Crippen molar-refractivity contribution in [3.63, 3.8) is 0 Å². The molecule has 1 atom stereocenters. The standard InChI is InChI=1S/C16H14ClN3O2/c1-9(21)19-16-18-8-13-14(20-16)6-11(7-15(13)22)10-2-4-12(17)5-3-10/h2-5,8,11H,6-7H2,1H3,(H,18,19,20,21)/t11-/m1/s1. The molecular weight excluding hydrogens is 302 g/mol. The quantitative estimate of drug-likeness (QED) is 0.924. The van der Waals surface area contributed by atoms with Crippen LogP contribution in [0.4, 0.5) is 5.95 Å². The van der Waals surface area contributed by atoms with Crippen LogP contribution in [0.1, 0.15) is 40.9 Å². The first-order valence-corrected chi connectivity index (χ1v) is 7.33. The third-order valence-electron chi connectivity index (χ3n) is 3.67. The van der Waals surface area contributed by atoms with Gasteiger partial charge in [0.05, 0.1) is 11.3 Å². The second kappa shape index (κ2) is 5.85. The van der Waals surface area contributed by atoms with E-state index in [4.69, 9.17) is 11.6 Å². The molecule has 1 amide bonds. The summed E-state index contributed by atoms with van der Waals surface area (Å²) in [6.45, 7) is 1.39. The highest BCUT2D eigenvalue weighted by Gasteiger charge is 2.28. The van der Waals surface area contributed by atoms with E-state index in [0.29, 0.717) is 29.1 Å². The molecular formula is C16H14ClN3O2. The van der Waals surface area contributed by atoms with Gasteiger partial charge in [-0.25, -0.2) is 9.97 Å². The Morgan fingerprint density at radius 1 is 1.27 bits per heavy atom. The molecule has 112 valence electrons. The number of Topliss-reactive ketones (excluding diaryl/α,β-unsaturated/α-hetero) is 1. The lowest BCUT2D eigenvalue weighted by Crippen LogP contribution is -2.22. The Morgan fingerprint density at radius 2 is 2.00 bits per heavy atom. The smallest absolute Gasteiger partial charge is 0.229 e. The van der Waals surface area contributed by atoms with E-state index in [-0.39, 0.29) is 23.6 Å². The van der Waals surface area contributed by atoms with Crippen molar-refractivity contribution in [2.45, 2.75) is 25.7 Å². The van der Waals surface area contributed by atoms with E-state index >= 15 is 0 Å². The second-order valence-corrected chi connectivity index (χ2v) is 5.75. The van der Waals surface area contributed by atoms with Gasteiger partial charge in [0.25, 0.3) is 0 Å². The van der Waals surface area contributed by atoms with Crippen LogP contribution < -0.4 is 5.32 Å².